The smallest absolute Gasteiger partial charge is 0.131 e. The van der Waals surface area contributed by atoms with Crippen LogP contribution in [0.4, 0.5) is 0 Å². The second kappa shape index (κ2) is 2.70. The number of hydrogen-bond acceptors (Lipinski definition) is 1. The van der Waals surface area contributed by atoms with E-state index >= 15 is 0 Å². The van der Waals surface area contributed by atoms with Gasteiger partial charge in [-0.05, 0) is 6.92 Å². The summed E-state index contributed by atoms with van der Waals surface area (Å²) in [4.78, 5) is 10.7. The van der Waals surface area contributed by atoms with Gasteiger partial charge in [0.25, 0.3) is 0 Å². The number of carbonyl (C=O) groups excluding carboxylic acids is 1. The van der Waals surface area contributed by atoms with E-state index in [1.165, 1.54) is 0 Å². The quantitative estimate of drug-likeness (QED) is 0.468. The standard InChI is InChI=1S/C8H9BrO/c1-8(6-10)5-3-2-4-7(8)9/h2-7H,1H3. The van der Waals surface area contributed by atoms with Crippen LogP contribution in [0, 0.1) is 5.41 Å². The lowest BCUT2D eigenvalue weighted by atomic mass is 9.85. The molecule has 2 unspecified atom stereocenters. The number of allylic oxidation sites excluding steroid dienone is 4. The molecule has 0 radical (unpaired) electrons. The first-order valence-electron chi connectivity index (χ1n) is 3.15. The molecule has 54 valence electrons. The Hall–Kier alpha value is -0.370. The van der Waals surface area contributed by atoms with Crippen LogP contribution in [0.5, 0.6) is 0 Å². The summed E-state index contributed by atoms with van der Waals surface area (Å²) >= 11 is 3.40. The van der Waals surface area contributed by atoms with Crippen molar-refractivity contribution in [1.29, 1.82) is 0 Å². The van der Waals surface area contributed by atoms with Crippen molar-refractivity contribution < 1.29 is 4.79 Å². The first-order chi connectivity index (χ1) is 4.69. The Morgan fingerprint density at radius 1 is 1.60 bits per heavy atom. The minimum absolute atomic E-state index is 0.141. The van der Waals surface area contributed by atoms with E-state index in [-0.39, 0.29) is 10.2 Å². The minimum Gasteiger partial charge on any atom is -0.302 e. The van der Waals surface area contributed by atoms with Gasteiger partial charge in [-0.2, -0.15) is 0 Å². The fourth-order valence-corrected chi connectivity index (χ4v) is 1.26. The second-order valence-corrected chi connectivity index (χ2v) is 3.62. The summed E-state index contributed by atoms with van der Waals surface area (Å²) in [6, 6.07) is 0. The van der Waals surface area contributed by atoms with E-state index in [9.17, 15) is 4.79 Å². The molecule has 10 heavy (non-hydrogen) atoms. The summed E-state index contributed by atoms with van der Waals surface area (Å²) in [5.41, 5.74) is -0.352. The van der Waals surface area contributed by atoms with Crippen LogP contribution in [0.1, 0.15) is 6.92 Å². The first kappa shape index (κ1) is 7.73. The molecular formula is C8H9BrO. The van der Waals surface area contributed by atoms with Gasteiger partial charge in [-0.3, -0.25) is 0 Å². The molecule has 2 heteroatoms. The molecule has 0 fully saturated rings. The zero-order valence-electron chi connectivity index (χ0n) is 5.75. The molecule has 1 aliphatic rings. The number of hydrogen-bond donors (Lipinski definition) is 0. The lowest BCUT2D eigenvalue weighted by molar-refractivity contribution is -0.113. The van der Waals surface area contributed by atoms with E-state index in [0.29, 0.717) is 0 Å². The highest BCUT2D eigenvalue weighted by atomic mass is 79.9. The molecule has 0 heterocycles. The second-order valence-electron chi connectivity index (χ2n) is 2.63. The molecular weight excluding hydrogens is 192 g/mol. The molecule has 0 aromatic rings. The van der Waals surface area contributed by atoms with Crippen LogP contribution in [0.15, 0.2) is 24.3 Å². The molecule has 1 nitrogen and oxygen atoms in total. The molecule has 1 aliphatic carbocycles. The normalized spacial score (nSPS) is 38.0. The van der Waals surface area contributed by atoms with Gasteiger partial charge in [0.1, 0.15) is 6.29 Å². The van der Waals surface area contributed by atoms with E-state index in [4.69, 9.17) is 0 Å². The van der Waals surface area contributed by atoms with Crippen LogP contribution in [0.3, 0.4) is 0 Å². The minimum atomic E-state index is -0.352. The van der Waals surface area contributed by atoms with Gasteiger partial charge in [-0.25, -0.2) is 0 Å². The molecule has 0 saturated carbocycles. The Balaban J connectivity index is 2.87. The lowest BCUT2D eigenvalue weighted by Gasteiger charge is -2.24. The highest BCUT2D eigenvalue weighted by Gasteiger charge is 2.28. The van der Waals surface area contributed by atoms with E-state index in [0.717, 1.165) is 6.29 Å². The zero-order chi connectivity index (χ0) is 7.61. The number of halogens is 1. The molecule has 0 N–H and O–H groups in total. The van der Waals surface area contributed by atoms with Crippen LogP contribution in [0.2, 0.25) is 0 Å². The van der Waals surface area contributed by atoms with Crippen molar-refractivity contribution in [2.45, 2.75) is 11.8 Å². The summed E-state index contributed by atoms with van der Waals surface area (Å²) in [7, 11) is 0. The highest BCUT2D eigenvalue weighted by molar-refractivity contribution is 9.09. The molecule has 2 atom stereocenters. The maximum absolute atomic E-state index is 10.6. The summed E-state index contributed by atoms with van der Waals surface area (Å²) in [6.45, 7) is 1.90. The molecule has 0 aromatic carbocycles. The third kappa shape index (κ3) is 1.21. The van der Waals surface area contributed by atoms with Crippen LogP contribution in [-0.4, -0.2) is 11.1 Å². The molecule has 0 spiro atoms. The molecule has 0 amide bonds. The number of carbonyl (C=O) groups is 1. The fraction of sp³-hybridized carbons (Fsp3) is 0.375. The van der Waals surface area contributed by atoms with Crippen molar-refractivity contribution >= 4 is 22.2 Å². The van der Waals surface area contributed by atoms with Crippen molar-refractivity contribution in [3.05, 3.63) is 24.3 Å². The van der Waals surface area contributed by atoms with Crippen molar-refractivity contribution in [3.8, 4) is 0 Å². The van der Waals surface area contributed by atoms with Crippen LogP contribution < -0.4 is 0 Å². The number of rotatable bonds is 1. The topological polar surface area (TPSA) is 17.1 Å². The Kier molecular flexibility index (Phi) is 2.09. The van der Waals surface area contributed by atoms with Gasteiger partial charge in [0.15, 0.2) is 0 Å². The Labute approximate surface area is 68.9 Å². The van der Waals surface area contributed by atoms with Gasteiger partial charge in [0.05, 0.1) is 5.41 Å². The van der Waals surface area contributed by atoms with Crippen molar-refractivity contribution in [3.63, 3.8) is 0 Å². The summed E-state index contributed by atoms with van der Waals surface area (Å²) in [5.74, 6) is 0. The fourth-order valence-electron chi connectivity index (χ4n) is 0.828. The number of alkyl halides is 1. The maximum atomic E-state index is 10.6. The van der Waals surface area contributed by atoms with Crippen molar-refractivity contribution in [2.24, 2.45) is 5.41 Å². The molecule has 0 aliphatic heterocycles. The molecule has 0 aromatic heterocycles. The largest absolute Gasteiger partial charge is 0.302 e. The lowest BCUT2D eigenvalue weighted by Crippen LogP contribution is -2.26. The molecule has 1 rings (SSSR count). The average molecular weight is 201 g/mol. The van der Waals surface area contributed by atoms with Crippen LogP contribution >= 0.6 is 15.9 Å². The van der Waals surface area contributed by atoms with Gasteiger partial charge in [0, 0.05) is 4.83 Å². The molecule has 0 saturated heterocycles. The van der Waals surface area contributed by atoms with Gasteiger partial charge in [-0.1, -0.05) is 40.2 Å². The van der Waals surface area contributed by atoms with E-state index in [1.54, 1.807) is 0 Å². The first-order valence-corrected chi connectivity index (χ1v) is 4.07. The summed E-state index contributed by atoms with van der Waals surface area (Å²) in [6.07, 6.45) is 8.66. The Morgan fingerprint density at radius 2 is 2.30 bits per heavy atom. The monoisotopic (exact) mass is 200 g/mol. The van der Waals surface area contributed by atoms with E-state index in [2.05, 4.69) is 15.9 Å². The van der Waals surface area contributed by atoms with Crippen molar-refractivity contribution in [2.75, 3.05) is 0 Å². The average Bonchev–Trinajstić information content (AvgIpc) is 1.96. The SMILES string of the molecule is CC1(C=O)C=CC=CC1Br. The zero-order valence-corrected chi connectivity index (χ0v) is 7.34. The van der Waals surface area contributed by atoms with Gasteiger partial charge >= 0.3 is 0 Å². The highest BCUT2D eigenvalue weighted by Crippen LogP contribution is 2.30. The third-order valence-corrected chi connectivity index (χ3v) is 2.99. The van der Waals surface area contributed by atoms with Gasteiger partial charge in [-0.15, -0.1) is 0 Å². The predicted octanol–water partition coefficient (Wildman–Crippen LogP) is 2.08. The summed E-state index contributed by atoms with van der Waals surface area (Å²) < 4.78 is 0. The van der Waals surface area contributed by atoms with Crippen molar-refractivity contribution in [1.82, 2.24) is 0 Å². The summed E-state index contributed by atoms with van der Waals surface area (Å²) in [5, 5.41) is 0. The van der Waals surface area contributed by atoms with E-state index < -0.39 is 0 Å². The Bertz CT molecular complexity index is 195. The predicted molar refractivity (Wildman–Crippen MR) is 45.2 cm³/mol. The van der Waals surface area contributed by atoms with Crippen LogP contribution in [-0.2, 0) is 4.79 Å². The Morgan fingerprint density at radius 3 is 2.70 bits per heavy atom. The van der Waals surface area contributed by atoms with E-state index in [1.807, 2.05) is 31.2 Å². The number of aldehydes is 1. The van der Waals surface area contributed by atoms with Gasteiger partial charge in [0.2, 0.25) is 0 Å². The maximum Gasteiger partial charge on any atom is 0.131 e. The van der Waals surface area contributed by atoms with Crippen LogP contribution in [0.25, 0.3) is 0 Å². The molecule has 0 bridgehead atoms. The van der Waals surface area contributed by atoms with Gasteiger partial charge < -0.3 is 4.79 Å². The third-order valence-electron chi connectivity index (χ3n) is 1.69.